The number of nitrogens with zero attached hydrogens (tertiary/aromatic N) is 1. The average molecular weight is 395 g/mol. The van der Waals surface area contributed by atoms with Crippen molar-refractivity contribution >= 4 is 11.5 Å². The largest absolute Gasteiger partial charge is 0.497 e. The molecule has 5 nitrogen and oxygen atoms in total. The fraction of sp³-hybridized carbons (Fsp3) is 0.375. The van der Waals surface area contributed by atoms with Crippen molar-refractivity contribution in [2.24, 2.45) is 0 Å². The summed E-state index contributed by atoms with van der Waals surface area (Å²) < 4.78 is 16.5. The van der Waals surface area contributed by atoms with Gasteiger partial charge in [0, 0.05) is 31.3 Å². The van der Waals surface area contributed by atoms with Crippen LogP contribution >= 0.6 is 0 Å². The van der Waals surface area contributed by atoms with Crippen LogP contribution in [0.15, 0.2) is 54.6 Å². The summed E-state index contributed by atoms with van der Waals surface area (Å²) in [5, 5.41) is 0. The number of methoxy groups -OCH3 is 2. The lowest BCUT2D eigenvalue weighted by Gasteiger charge is -2.25. The van der Waals surface area contributed by atoms with E-state index in [2.05, 4.69) is 0 Å². The second-order valence-corrected chi connectivity index (χ2v) is 7.23. The summed E-state index contributed by atoms with van der Waals surface area (Å²) >= 11 is 0. The SMILES string of the molecule is COc1cccc(CN(CC2CCCO2)C(=O)/C=C(/C)c2ccccc2OC)c1. The van der Waals surface area contributed by atoms with Crippen molar-refractivity contribution < 1.29 is 19.0 Å². The summed E-state index contributed by atoms with van der Waals surface area (Å²) in [4.78, 5) is 15.0. The van der Waals surface area contributed by atoms with Gasteiger partial charge in [0.05, 0.1) is 20.3 Å². The number of amides is 1. The molecule has 1 aliphatic rings. The first-order valence-electron chi connectivity index (χ1n) is 9.96. The van der Waals surface area contributed by atoms with E-state index in [9.17, 15) is 4.79 Å². The number of ether oxygens (including phenoxy) is 3. The van der Waals surface area contributed by atoms with E-state index in [-0.39, 0.29) is 12.0 Å². The Morgan fingerprint density at radius 3 is 2.72 bits per heavy atom. The molecule has 154 valence electrons. The van der Waals surface area contributed by atoms with Crippen LogP contribution in [0.25, 0.3) is 5.57 Å². The second kappa shape index (κ2) is 10.1. The summed E-state index contributed by atoms with van der Waals surface area (Å²) in [7, 11) is 3.29. The fourth-order valence-electron chi connectivity index (χ4n) is 3.58. The molecular weight excluding hydrogens is 366 g/mol. The Bertz CT molecular complexity index is 855. The molecule has 1 amide bonds. The molecule has 1 unspecified atom stereocenters. The lowest BCUT2D eigenvalue weighted by Crippen LogP contribution is -2.36. The number of para-hydroxylation sites is 1. The Kier molecular flexibility index (Phi) is 7.30. The Balaban J connectivity index is 1.82. The zero-order chi connectivity index (χ0) is 20.6. The highest BCUT2D eigenvalue weighted by Gasteiger charge is 2.22. The molecule has 0 radical (unpaired) electrons. The van der Waals surface area contributed by atoms with Crippen LogP contribution in [0, 0.1) is 0 Å². The summed E-state index contributed by atoms with van der Waals surface area (Å²) in [6.07, 6.45) is 3.80. The number of carbonyl (C=O) groups is 1. The van der Waals surface area contributed by atoms with Crippen molar-refractivity contribution in [2.45, 2.75) is 32.4 Å². The monoisotopic (exact) mass is 395 g/mol. The van der Waals surface area contributed by atoms with Gasteiger partial charge in [-0.05, 0) is 49.1 Å². The Hall–Kier alpha value is -2.79. The maximum atomic E-state index is 13.2. The lowest BCUT2D eigenvalue weighted by molar-refractivity contribution is -0.128. The van der Waals surface area contributed by atoms with Crippen molar-refractivity contribution in [3.63, 3.8) is 0 Å². The number of carbonyl (C=O) groups excluding carboxylic acids is 1. The van der Waals surface area contributed by atoms with Crippen LogP contribution in [0.3, 0.4) is 0 Å². The summed E-state index contributed by atoms with van der Waals surface area (Å²) in [6.45, 7) is 3.78. The Morgan fingerprint density at radius 2 is 2.00 bits per heavy atom. The van der Waals surface area contributed by atoms with Gasteiger partial charge in [0.1, 0.15) is 11.5 Å². The molecular formula is C24H29NO4. The van der Waals surface area contributed by atoms with Crippen LogP contribution in [-0.4, -0.2) is 44.3 Å². The predicted molar refractivity (Wildman–Crippen MR) is 114 cm³/mol. The van der Waals surface area contributed by atoms with Crippen LogP contribution in [0.5, 0.6) is 11.5 Å². The minimum absolute atomic E-state index is 0.0354. The van der Waals surface area contributed by atoms with Gasteiger partial charge in [0.2, 0.25) is 5.91 Å². The number of hydrogen-bond donors (Lipinski definition) is 0. The predicted octanol–water partition coefficient (Wildman–Crippen LogP) is 4.31. The lowest BCUT2D eigenvalue weighted by atomic mass is 10.1. The van der Waals surface area contributed by atoms with Gasteiger partial charge in [-0.3, -0.25) is 4.79 Å². The normalized spacial score (nSPS) is 16.5. The first-order valence-corrected chi connectivity index (χ1v) is 9.96. The quantitative estimate of drug-likeness (QED) is 0.625. The van der Waals surface area contributed by atoms with E-state index in [1.54, 1.807) is 20.3 Å². The highest BCUT2D eigenvalue weighted by molar-refractivity contribution is 5.95. The minimum Gasteiger partial charge on any atom is -0.497 e. The highest BCUT2D eigenvalue weighted by atomic mass is 16.5. The molecule has 0 aliphatic carbocycles. The van der Waals surface area contributed by atoms with Gasteiger partial charge < -0.3 is 19.1 Å². The Labute approximate surface area is 172 Å². The number of hydrogen-bond acceptors (Lipinski definition) is 4. The number of benzene rings is 2. The molecule has 2 aromatic carbocycles. The molecule has 1 fully saturated rings. The van der Waals surface area contributed by atoms with Crippen molar-refractivity contribution in [3.8, 4) is 11.5 Å². The summed E-state index contributed by atoms with van der Waals surface area (Å²) in [5.41, 5.74) is 2.82. The van der Waals surface area contributed by atoms with E-state index in [1.165, 1.54) is 0 Å². The molecule has 29 heavy (non-hydrogen) atoms. The van der Waals surface area contributed by atoms with Crippen molar-refractivity contribution in [1.82, 2.24) is 4.90 Å². The van der Waals surface area contributed by atoms with E-state index >= 15 is 0 Å². The maximum Gasteiger partial charge on any atom is 0.247 e. The first kappa shape index (κ1) is 20.9. The topological polar surface area (TPSA) is 48.0 Å². The average Bonchev–Trinajstić information content (AvgIpc) is 3.26. The van der Waals surface area contributed by atoms with E-state index in [0.29, 0.717) is 13.1 Å². The maximum absolute atomic E-state index is 13.2. The molecule has 3 rings (SSSR count). The van der Waals surface area contributed by atoms with E-state index < -0.39 is 0 Å². The third kappa shape index (κ3) is 5.61. The molecule has 0 spiro atoms. The molecule has 1 aliphatic heterocycles. The van der Waals surface area contributed by atoms with E-state index in [4.69, 9.17) is 14.2 Å². The molecule has 0 bridgehead atoms. The molecule has 2 aromatic rings. The van der Waals surface area contributed by atoms with Gasteiger partial charge in [0.15, 0.2) is 0 Å². The number of rotatable bonds is 8. The molecule has 1 atom stereocenters. The van der Waals surface area contributed by atoms with Crippen molar-refractivity contribution in [3.05, 3.63) is 65.7 Å². The molecule has 0 aromatic heterocycles. The zero-order valence-electron chi connectivity index (χ0n) is 17.4. The van der Waals surface area contributed by atoms with Crippen molar-refractivity contribution in [1.29, 1.82) is 0 Å². The van der Waals surface area contributed by atoms with Gasteiger partial charge in [-0.25, -0.2) is 0 Å². The zero-order valence-corrected chi connectivity index (χ0v) is 17.4. The smallest absolute Gasteiger partial charge is 0.247 e. The fourth-order valence-corrected chi connectivity index (χ4v) is 3.58. The van der Waals surface area contributed by atoms with Crippen LogP contribution in [0.2, 0.25) is 0 Å². The van der Waals surface area contributed by atoms with Crippen LogP contribution in [0.1, 0.15) is 30.9 Å². The van der Waals surface area contributed by atoms with E-state index in [0.717, 1.165) is 47.6 Å². The van der Waals surface area contributed by atoms with Crippen LogP contribution in [0.4, 0.5) is 0 Å². The van der Waals surface area contributed by atoms with Gasteiger partial charge in [-0.1, -0.05) is 30.3 Å². The molecule has 1 heterocycles. The van der Waals surface area contributed by atoms with Crippen LogP contribution < -0.4 is 9.47 Å². The third-order valence-corrected chi connectivity index (χ3v) is 5.14. The minimum atomic E-state index is -0.0354. The molecule has 0 N–H and O–H groups in total. The molecule has 1 saturated heterocycles. The standard InChI is InChI=1S/C24H29NO4/c1-18(22-11-4-5-12-23(22)28-3)14-24(26)25(17-21-10-7-13-29-21)16-19-8-6-9-20(15-19)27-2/h4-6,8-9,11-12,14-15,21H,7,10,13,16-17H2,1-3H3/b18-14-. The molecule has 0 saturated carbocycles. The van der Waals surface area contributed by atoms with Crippen LogP contribution in [-0.2, 0) is 16.1 Å². The van der Waals surface area contributed by atoms with Gasteiger partial charge in [-0.15, -0.1) is 0 Å². The van der Waals surface area contributed by atoms with E-state index in [1.807, 2.05) is 60.4 Å². The summed E-state index contributed by atoms with van der Waals surface area (Å²) in [6, 6.07) is 15.5. The molecule has 5 heteroatoms. The van der Waals surface area contributed by atoms with Crippen molar-refractivity contribution in [2.75, 3.05) is 27.4 Å². The highest BCUT2D eigenvalue weighted by Crippen LogP contribution is 2.26. The summed E-state index contributed by atoms with van der Waals surface area (Å²) in [5.74, 6) is 1.51. The van der Waals surface area contributed by atoms with Gasteiger partial charge in [-0.2, -0.15) is 0 Å². The van der Waals surface area contributed by atoms with Gasteiger partial charge in [0.25, 0.3) is 0 Å². The third-order valence-electron chi connectivity index (χ3n) is 5.14. The second-order valence-electron chi connectivity index (χ2n) is 7.23. The Morgan fingerprint density at radius 1 is 1.17 bits per heavy atom. The first-order chi connectivity index (χ1) is 14.1. The number of allylic oxidation sites excluding steroid dienone is 1. The van der Waals surface area contributed by atoms with Gasteiger partial charge >= 0.3 is 0 Å².